The molecule has 6 nitrogen and oxygen atoms in total. The second-order valence-electron chi connectivity index (χ2n) is 8.19. The molecule has 160 valence electrons. The highest BCUT2D eigenvalue weighted by molar-refractivity contribution is 5.80. The lowest BCUT2D eigenvalue weighted by Crippen LogP contribution is -2.48. The summed E-state index contributed by atoms with van der Waals surface area (Å²) in [6.45, 7) is 11.0. The molecule has 0 aromatic heterocycles. The van der Waals surface area contributed by atoms with Crippen molar-refractivity contribution in [2.24, 2.45) is 4.99 Å². The van der Waals surface area contributed by atoms with E-state index in [1.165, 1.54) is 50.0 Å². The first-order valence-corrected chi connectivity index (χ1v) is 11.3. The van der Waals surface area contributed by atoms with Gasteiger partial charge in [0.1, 0.15) is 0 Å². The van der Waals surface area contributed by atoms with E-state index in [1.807, 2.05) is 4.90 Å². The van der Waals surface area contributed by atoms with Crippen molar-refractivity contribution in [1.29, 1.82) is 0 Å². The van der Waals surface area contributed by atoms with Crippen molar-refractivity contribution >= 4 is 11.9 Å². The van der Waals surface area contributed by atoms with Crippen LogP contribution in [-0.2, 0) is 17.9 Å². The second kappa shape index (κ2) is 11.2. The molecule has 0 bridgehead atoms. The standard InChI is InChI=1S/C23H37N5O/c1-3-13-27-15-11-21(12-16-27)26-23(24-4-2)25-17-19-7-9-20(10-8-19)18-28-14-5-6-22(28)29/h7-10,21H,3-6,11-18H2,1-2H3,(H2,24,25,26). The van der Waals surface area contributed by atoms with E-state index in [1.54, 1.807) is 0 Å². The van der Waals surface area contributed by atoms with Gasteiger partial charge in [0, 0.05) is 45.2 Å². The van der Waals surface area contributed by atoms with E-state index in [0.717, 1.165) is 32.0 Å². The average molecular weight is 400 g/mol. The molecular formula is C23H37N5O. The van der Waals surface area contributed by atoms with Crippen molar-refractivity contribution in [2.45, 2.75) is 65.1 Å². The summed E-state index contributed by atoms with van der Waals surface area (Å²) in [4.78, 5) is 21.1. The molecule has 0 spiro atoms. The molecule has 0 aliphatic carbocycles. The van der Waals surface area contributed by atoms with E-state index in [4.69, 9.17) is 4.99 Å². The monoisotopic (exact) mass is 399 g/mol. The molecule has 2 N–H and O–H groups in total. The van der Waals surface area contributed by atoms with Crippen LogP contribution in [0.5, 0.6) is 0 Å². The largest absolute Gasteiger partial charge is 0.357 e. The van der Waals surface area contributed by atoms with Crippen LogP contribution < -0.4 is 10.6 Å². The summed E-state index contributed by atoms with van der Waals surface area (Å²) in [6, 6.07) is 9.01. The van der Waals surface area contributed by atoms with Crippen LogP contribution in [0.15, 0.2) is 29.3 Å². The molecule has 1 aromatic rings. The van der Waals surface area contributed by atoms with E-state index in [9.17, 15) is 4.79 Å². The van der Waals surface area contributed by atoms with Gasteiger partial charge in [-0.2, -0.15) is 0 Å². The summed E-state index contributed by atoms with van der Waals surface area (Å²) in [5.74, 6) is 1.19. The van der Waals surface area contributed by atoms with Crippen LogP contribution in [0.2, 0.25) is 0 Å². The highest BCUT2D eigenvalue weighted by Crippen LogP contribution is 2.15. The maximum Gasteiger partial charge on any atom is 0.222 e. The lowest BCUT2D eigenvalue weighted by atomic mass is 10.1. The minimum absolute atomic E-state index is 0.278. The first-order chi connectivity index (χ1) is 14.2. The average Bonchev–Trinajstić information content (AvgIpc) is 3.13. The predicted molar refractivity (Wildman–Crippen MR) is 119 cm³/mol. The van der Waals surface area contributed by atoms with Gasteiger partial charge >= 0.3 is 0 Å². The molecule has 0 atom stereocenters. The molecule has 29 heavy (non-hydrogen) atoms. The predicted octanol–water partition coefficient (Wildman–Crippen LogP) is 2.74. The van der Waals surface area contributed by atoms with Crippen LogP contribution in [0.3, 0.4) is 0 Å². The number of piperidine rings is 1. The van der Waals surface area contributed by atoms with Gasteiger partial charge in [0.2, 0.25) is 5.91 Å². The molecule has 2 saturated heterocycles. The zero-order chi connectivity index (χ0) is 20.5. The fourth-order valence-corrected chi connectivity index (χ4v) is 4.14. The van der Waals surface area contributed by atoms with Crippen molar-refractivity contribution in [2.75, 3.05) is 32.7 Å². The van der Waals surface area contributed by atoms with Crippen LogP contribution >= 0.6 is 0 Å². The summed E-state index contributed by atoms with van der Waals surface area (Å²) in [6.07, 6.45) is 5.27. The summed E-state index contributed by atoms with van der Waals surface area (Å²) >= 11 is 0. The number of nitrogens with one attached hydrogen (secondary N) is 2. The molecule has 2 heterocycles. The third-order valence-electron chi connectivity index (χ3n) is 5.80. The lowest BCUT2D eigenvalue weighted by Gasteiger charge is -2.32. The zero-order valence-corrected chi connectivity index (χ0v) is 18.1. The number of amides is 1. The third kappa shape index (κ3) is 6.74. The highest BCUT2D eigenvalue weighted by Gasteiger charge is 2.20. The van der Waals surface area contributed by atoms with E-state index >= 15 is 0 Å². The molecule has 1 amide bonds. The van der Waals surface area contributed by atoms with Gasteiger partial charge in [-0.25, -0.2) is 4.99 Å². The zero-order valence-electron chi connectivity index (χ0n) is 18.1. The number of rotatable bonds is 8. The molecule has 2 aliphatic heterocycles. The van der Waals surface area contributed by atoms with Gasteiger partial charge in [-0.3, -0.25) is 4.79 Å². The number of aliphatic imine (C=N–C) groups is 1. The Morgan fingerprint density at radius 2 is 1.83 bits per heavy atom. The molecule has 0 saturated carbocycles. The number of benzene rings is 1. The quantitative estimate of drug-likeness (QED) is 0.521. The van der Waals surface area contributed by atoms with Crippen molar-refractivity contribution in [3.8, 4) is 0 Å². The summed E-state index contributed by atoms with van der Waals surface area (Å²) in [7, 11) is 0. The molecule has 0 unspecified atom stereocenters. The Balaban J connectivity index is 1.49. The number of carbonyl (C=O) groups is 1. The molecule has 2 aliphatic rings. The Hall–Kier alpha value is -2.08. The van der Waals surface area contributed by atoms with Crippen LogP contribution in [0.1, 0.15) is 57.1 Å². The number of hydrogen-bond donors (Lipinski definition) is 2. The normalized spacial score (nSPS) is 19.0. The molecule has 0 radical (unpaired) electrons. The van der Waals surface area contributed by atoms with E-state index in [2.05, 4.69) is 53.6 Å². The van der Waals surface area contributed by atoms with Gasteiger partial charge in [0.25, 0.3) is 0 Å². The van der Waals surface area contributed by atoms with Crippen molar-refractivity contribution in [3.63, 3.8) is 0 Å². The van der Waals surface area contributed by atoms with Crippen LogP contribution in [0.25, 0.3) is 0 Å². The summed E-state index contributed by atoms with van der Waals surface area (Å²) < 4.78 is 0. The van der Waals surface area contributed by atoms with E-state index < -0.39 is 0 Å². The molecule has 6 heteroatoms. The molecule has 1 aromatic carbocycles. The molecule has 2 fully saturated rings. The van der Waals surface area contributed by atoms with Gasteiger partial charge in [-0.1, -0.05) is 31.2 Å². The van der Waals surface area contributed by atoms with E-state index in [-0.39, 0.29) is 5.91 Å². The van der Waals surface area contributed by atoms with Gasteiger partial charge in [-0.05, 0) is 50.3 Å². The first kappa shape index (κ1) is 21.6. The number of guanidine groups is 1. The van der Waals surface area contributed by atoms with Crippen molar-refractivity contribution < 1.29 is 4.79 Å². The fraction of sp³-hybridized carbons (Fsp3) is 0.652. The Kier molecular flexibility index (Phi) is 8.35. The van der Waals surface area contributed by atoms with Gasteiger partial charge in [0.05, 0.1) is 6.54 Å². The number of carbonyl (C=O) groups excluding carboxylic acids is 1. The summed E-state index contributed by atoms with van der Waals surface area (Å²) in [5, 5.41) is 7.00. The van der Waals surface area contributed by atoms with Crippen LogP contribution in [0, 0.1) is 0 Å². The van der Waals surface area contributed by atoms with Gasteiger partial charge in [-0.15, -0.1) is 0 Å². The topological polar surface area (TPSA) is 60.0 Å². The smallest absolute Gasteiger partial charge is 0.222 e. The van der Waals surface area contributed by atoms with Crippen LogP contribution in [0.4, 0.5) is 0 Å². The minimum Gasteiger partial charge on any atom is -0.357 e. The molecule has 3 rings (SSSR count). The van der Waals surface area contributed by atoms with Gasteiger partial charge in [0.15, 0.2) is 5.96 Å². The Morgan fingerprint density at radius 1 is 1.10 bits per heavy atom. The van der Waals surface area contributed by atoms with E-state index in [0.29, 0.717) is 19.0 Å². The SMILES string of the molecule is CCCN1CCC(NC(=NCc2ccc(CN3CCCC3=O)cc2)NCC)CC1. The minimum atomic E-state index is 0.278. The fourth-order valence-electron chi connectivity index (χ4n) is 4.14. The van der Waals surface area contributed by atoms with Crippen molar-refractivity contribution in [1.82, 2.24) is 20.4 Å². The Morgan fingerprint density at radius 3 is 2.45 bits per heavy atom. The van der Waals surface area contributed by atoms with Crippen LogP contribution in [-0.4, -0.2) is 60.4 Å². The van der Waals surface area contributed by atoms with Crippen molar-refractivity contribution in [3.05, 3.63) is 35.4 Å². The molecular weight excluding hydrogens is 362 g/mol. The maximum atomic E-state index is 11.8. The maximum absolute atomic E-state index is 11.8. The first-order valence-electron chi connectivity index (χ1n) is 11.3. The number of nitrogens with zero attached hydrogens (tertiary/aromatic N) is 3. The third-order valence-corrected chi connectivity index (χ3v) is 5.80. The summed E-state index contributed by atoms with van der Waals surface area (Å²) in [5.41, 5.74) is 2.38. The highest BCUT2D eigenvalue weighted by atomic mass is 16.2. The Bertz CT molecular complexity index is 664. The lowest BCUT2D eigenvalue weighted by molar-refractivity contribution is -0.128. The Labute approximate surface area is 175 Å². The number of likely N-dealkylation sites (tertiary alicyclic amines) is 2. The number of hydrogen-bond acceptors (Lipinski definition) is 3. The van der Waals surface area contributed by atoms with Gasteiger partial charge < -0.3 is 20.4 Å². The second-order valence-corrected chi connectivity index (χ2v) is 8.19.